The molecule has 2 aromatic heterocycles. The van der Waals surface area contributed by atoms with E-state index in [2.05, 4.69) is 20.8 Å². The predicted octanol–water partition coefficient (Wildman–Crippen LogP) is 1.82. The molecular weight excluding hydrogens is 360 g/mol. The van der Waals surface area contributed by atoms with E-state index in [9.17, 15) is 4.79 Å². The average molecular weight is 385 g/mol. The number of rotatable bonds is 8. The van der Waals surface area contributed by atoms with Gasteiger partial charge in [-0.3, -0.25) is 4.79 Å². The number of hydrogen-bond donors (Lipinski definition) is 2. The number of nitrogens with zero attached hydrogens (tertiary/aromatic N) is 2. The van der Waals surface area contributed by atoms with Crippen LogP contribution in [-0.4, -0.2) is 49.4 Å². The summed E-state index contributed by atoms with van der Waals surface area (Å²) in [5, 5.41) is 10.3. The number of methoxy groups -OCH3 is 1. The first-order valence-electron chi connectivity index (χ1n) is 8.52. The van der Waals surface area contributed by atoms with Crippen LogP contribution >= 0.6 is 12.4 Å². The minimum Gasteiger partial charge on any atom is -0.472 e. The molecule has 1 fully saturated rings. The summed E-state index contributed by atoms with van der Waals surface area (Å²) >= 11 is 0. The highest BCUT2D eigenvalue weighted by Gasteiger charge is 2.32. The Balaban J connectivity index is 0.00000243. The van der Waals surface area contributed by atoms with Gasteiger partial charge in [0, 0.05) is 31.9 Å². The summed E-state index contributed by atoms with van der Waals surface area (Å²) in [6, 6.07) is 1.76. The molecule has 1 aliphatic heterocycles. The van der Waals surface area contributed by atoms with Crippen molar-refractivity contribution in [2.45, 2.75) is 25.7 Å². The molecule has 8 nitrogen and oxygen atoms in total. The number of ether oxygens (including phenoxy) is 1. The summed E-state index contributed by atoms with van der Waals surface area (Å²) in [5.74, 6) is 0.898. The van der Waals surface area contributed by atoms with Crippen molar-refractivity contribution in [2.75, 3.05) is 33.4 Å². The third-order valence-electron chi connectivity index (χ3n) is 4.59. The summed E-state index contributed by atoms with van der Waals surface area (Å²) < 4.78 is 15.5. The molecule has 0 aliphatic carbocycles. The van der Waals surface area contributed by atoms with Gasteiger partial charge in [-0.2, -0.15) is 4.98 Å². The fourth-order valence-electron chi connectivity index (χ4n) is 3.10. The molecule has 1 aliphatic rings. The zero-order valence-electron chi connectivity index (χ0n) is 14.8. The molecule has 0 aromatic carbocycles. The third-order valence-corrected chi connectivity index (χ3v) is 4.59. The Hall–Kier alpha value is -1.90. The highest BCUT2D eigenvalue weighted by molar-refractivity contribution is 5.85. The number of aryl methyl sites for hydroxylation is 1. The van der Waals surface area contributed by atoms with Gasteiger partial charge < -0.3 is 24.3 Å². The monoisotopic (exact) mass is 384 g/mol. The van der Waals surface area contributed by atoms with Gasteiger partial charge in [-0.1, -0.05) is 5.16 Å². The molecule has 1 amide bonds. The average Bonchev–Trinajstić information content (AvgIpc) is 3.30. The number of nitrogens with one attached hydrogen (secondary N) is 2. The lowest BCUT2D eigenvalue weighted by molar-refractivity contribution is -0.122. The molecule has 2 N–H and O–H groups in total. The van der Waals surface area contributed by atoms with Gasteiger partial charge in [0.1, 0.15) is 6.26 Å². The van der Waals surface area contributed by atoms with E-state index in [1.165, 1.54) is 0 Å². The number of hydrogen-bond acceptors (Lipinski definition) is 7. The molecule has 3 heterocycles. The van der Waals surface area contributed by atoms with E-state index in [0.29, 0.717) is 37.7 Å². The van der Waals surface area contributed by atoms with Crippen LogP contribution in [-0.2, 0) is 16.0 Å². The third kappa shape index (κ3) is 5.30. The number of furan rings is 1. The van der Waals surface area contributed by atoms with Crippen LogP contribution in [0.3, 0.4) is 0 Å². The first kappa shape index (κ1) is 20.4. The predicted molar refractivity (Wildman–Crippen MR) is 97.0 cm³/mol. The van der Waals surface area contributed by atoms with Crippen molar-refractivity contribution in [3.8, 4) is 11.4 Å². The van der Waals surface area contributed by atoms with Crippen molar-refractivity contribution >= 4 is 18.3 Å². The number of piperidine rings is 1. The van der Waals surface area contributed by atoms with Gasteiger partial charge in [0.05, 0.1) is 18.4 Å². The Morgan fingerprint density at radius 3 is 2.92 bits per heavy atom. The van der Waals surface area contributed by atoms with Gasteiger partial charge in [-0.05, 0) is 32.0 Å². The molecule has 0 radical (unpaired) electrons. The van der Waals surface area contributed by atoms with Gasteiger partial charge in [-0.15, -0.1) is 12.4 Å². The molecule has 0 atom stereocenters. The summed E-state index contributed by atoms with van der Waals surface area (Å²) in [4.78, 5) is 16.4. The van der Waals surface area contributed by atoms with Crippen molar-refractivity contribution in [3.63, 3.8) is 0 Å². The van der Waals surface area contributed by atoms with Crippen LogP contribution in [0.15, 0.2) is 27.5 Å². The fourth-order valence-corrected chi connectivity index (χ4v) is 3.10. The Kier molecular flexibility index (Phi) is 7.62. The van der Waals surface area contributed by atoms with Crippen LogP contribution in [0, 0.1) is 5.41 Å². The lowest BCUT2D eigenvalue weighted by Gasteiger charge is -2.37. The quantitative estimate of drug-likeness (QED) is 0.715. The molecule has 26 heavy (non-hydrogen) atoms. The van der Waals surface area contributed by atoms with E-state index >= 15 is 0 Å². The molecule has 9 heteroatoms. The second kappa shape index (κ2) is 9.70. The Labute approximate surface area is 158 Å². The van der Waals surface area contributed by atoms with Gasteiger partial charge in [0.15, 0.2) is 0 Å². The van der Waals surface area contributed by atoms with Gasteiger partial charge >= 0.3 is 0 Å². The first-order chi connectivity index (χ1) is 12.2. The van der Waals surface area contributed by atoms with Crippen LogP contribution in [0.25, 0.3) is 11.4 Å². The maximum Gasteiger partial charge on any atom is 0.227 e. The van der Waals surface area contributed by atoms with Gasteiger partial charge in [0.25, 0.3) is 0 Å². The van der Waals surface area contributed by atoms with Crippen molar-refractivity contribution in [2.24, 2.45) is 5.41 Å². The fraction of sp³-hybridized carbons (Fsp3) is 0.588. The topological polar surface area (TPSA) is 102 Å². The zero-order valence-corrected chi connectivity index (χ0v) is 15.6. The number of carbonyl (C=O) groups excluding carboxylic acids is 1. The van der Waals surface area contributed by atoms with E-state index in [1.807, 2.05) is 0 Å². The Bertz CT molecular complexity index is 663. The molecule has 0 bridgehead atoms. The van der Waals surface area contributed by atoms with Crippen molar-refractivity contribution in [3.05, 3.63) is 24.5 Å². The second-order valence-electron chi connectivity index (χ2n) is 6.48. The molecule has 0 spiro atoms. The van der Waals surface area contributed by atoms with Gasteiger partial charge in [0.2, 0.25) is 17.6 Å². The molecule has 3 rings (SSSR count). The largest absolute Gasteiger partial charge is 0.472 e. The lowest BCUT2D eigenvalue weighted by atomic mass is 9.79. The first-order valence-corrected chi connectivity index (χ1v) is 8.52. The highest BCUT2D eigenvalue weighted by atomic mass is 35.5. The van der Waals surface area contributed by atoms with Crippen LogP contribution < -0.4 is 10.6 Å². The van der Waals surface area contributed by atoms with Crippen LogP contribution in [0.1, 0.15) is 25.2 Å². The minimum atomic E-state index is -0.0166. The molecule has 1 saturated heterocycles. The summed E-state index contributed by atoms with van der Waals surface area (Å²) in [7, 11) is 1.71. The maximum atomic E-state index is 12.2. The van der Waals surface area contributed by atoms with E-state index in [1.54, 1.807) is 25.7 Å². The molecule has 0 saturated carbocycles. The van der Waals surface area contributed by atoms with E-state index in [0.717, 1.165) is 31.5 Å². The van der Waals surface area contributed by atoms with Crippen LogP contribution in [0.4, 0.5) is 0 Å². The number of halogens is 1. The molecule has 144 valence electrons. The highest BCUT2D eigenvalue weighted by Crippen LogP contribution is 2.28. The van der Waals surface area contributed by atoms with E-state index in [-0.39, 0.29) is 23.7 Å². The maximum absolute atomic E-state index is 12.2. The van der Waals surface area contributed by atoms with Crippen molar-refractivity contribution in [1.82, 2.24) is 20.8 Å². The molecule has 0 unspecified atom stereocenters. The van der Waals surface area contributed by atoms with Crippen LogP contribution in [0.5, 0.6) is 0 Å². The number of carbonyl (C=O) groups is 1. The molecular formula is C17H25ClN4O4. The SMILES string of the molecule is COCC1(CNC(=O)CCc2nc(-c3ccoc3)no2)CCNCC1.Cl. The Morgan fingerprint density at radius 1 is 1.42 bits per heavy atom. The summed E-state index contributed by atoms with van der Waals surface area (Å²) in [6.45, 7) is 3.20. The standard InChI is InChI=1S/C17H24N4O4.ClH/c1-23-12-17(5-7-18-8-6-17)11-19-14(22)2-3-15-20-16(21-25-15)13-4-9-24-10-13;/h4,9-10,18H,2-3,5-8,11-12H2,1H3,(H,19,22);1H. The van der Waals surface area contributed by atoms with E-state index in [4.69, 9.17) is 13.7 Å². The second-order valence-corrected chi connectivity index (χ2v) is 6.48. The zero-order chi connectivity index (χ0) is 17.5. The van der Waals surface area contributed by atoms with Gasteiger partial charge in [-0.25, -0.2) is 0 Å². The van der Waals surface area contributed by atoms with Crippen molar-refractivity contribution < 1.29 is 18.5 Å². The number of aromatic nitrogens is 2. The smallest absolute Gasteiger partial charge is 0.227 e. The lowest BCUT2D eigenvalue weighted by Crippen LogP contribution is -2.47. The Morgan fingerprint density at radius 2 is 2.23 bits per heavy atom. The van der Waals surface area contributed by atoms with Crippen LogP contribution in [0.2, 0.25) is 0 Å². The van der Waals surface area contributed by atoms with Crippen molar-refractivity contribution in [1.29, 1.82) is 0 Å². The summed E-state index contributed by atoms with van der Waals surface area (Å²) in [6.07, 6.45) is 5.83. The molecule has 2 aromatic rings. The summed E-state index contributed by atoms with van der Waals surface area (Å²) in [5.41, 5.74) is 0.779. The minimum absolute atomic E-state index is 0. The van der Waals surface area contributed by atoms with E-state index < -0.39 is 0 Å². The normalized spacial score (nSPS) is 16.0. The number of amides is 1.